The van der Waals surface area contributed by atoms with E-state index in [0.717, 1.165) is 90.6 Å². The molecule has 1 saturated carbocycles. The lowest BCUT2D eigenvalue weighted by atomic mass is 10.0. The van der Waals surface area contributed by atoms with Crippen LogP contribution in [0.2, 0.25) is 64.0 Å². The van der Waals surface area contributed by atoms with Gasteiger partial charge in [0.05, 0.1) is 37.9 Å². The molecule has 0 radical (unpaired) electrons. The molecule has 4 atom stereocenters. The van der Waals surface area contributed by atoms with Crippen molar-refractivity contribution in [2.45, 2.75) is 146 Å². The third-order valence-corrected chi connectivity index (χ3v) is 30.4. The number of epoxide rings is 1. The van der Waals surface area contributed by atoms with E-state index >= 15 is 0 Å². The Hall–Kier alpha value is 0.684. The molecule has 3 aliphatic heterocycles. The van der Waals surface area contributed by atoms with Gasteiger partial charge in [0.25, 0.3) is 0 Å². The summed E-state index contributed by atoms with van der Waals surface area (Å²) in [6, 6.07) is 0.980. The van der Waals surface area contributed by atoms with Crippen LogP contribution >= 0.6 is 0 Å². The Morgan fingerprint density at radius 3 is 1.70 bits per heavy atom. The third kappa shape index (κ3) is 13.6. The summed E-state index contributed by atoms with van der Waals surface area (Å²) in [6.45, 7) is 24.6. The zero-order chi connectivity index (χ0) is 34.0. The van der Waals surface area contributed by atoms with E-state index in [1.807, 2.05) is 0 Å². The van der Waals surface area contributed by atoms with Gasteiger partial charge in [0.2, 0.25) is 16.6 Å². The molecule has 0 N–H and O–H groups in total. The van der Waals surface area contributed by atoms with Crippen molar-refractivity contribution < 1.29 is 44.9 Å². The highest BCUT2D eigenvalue weighted by atomic mass is 28.5. The van der Waals surface area contributed by atoms with Crippen LogP contribution in [0, 0.1) is 0 Å². The molecule has 4 fully saturated rings. The van der Waals surface area contributed by atoms with Crippen molar-refractivity contribution in [2.75, 3.05) is 59.5 Å². The normalized spacial score (nSPS) is 27.7. The predicted molar refractivity (Wildman–Crippen MR) is 196 cm³/mol. The summed E-state index contributed by atoms with van der Waals surface area (Å²) in [5.41, 5.74) is 0.128. The summed E-state index contributed by atoms with van der Waals surface area (Å²) in [5.74, 6) is 0. The molecule has 0 aromatic carbocycles. The molecule has 3 saturated heterocycles. The Morgan fingerprint density at radius 2 is 1.13 bits per heavy atom. The predicted octanol–water partition coefficient (Wildman–Crippen LogP) is 6.92. The number of ether oxygens (including phenoxy) is 6. The van der Waals surface area contributed by atoms with Gasteiger partial charge in [-0.05, 0) is 103 Å². The molecule has 0 aromatic heterocycles. The third-order valence-electron chi connectivity index (χ3n) is 9.69. The second-order valence-electron chi connectivity index (χ2n) is 16.1. The Labute approximate surface area is 291 Å². The first-order valence-electron chi connectivity index (χ1n) is 18.6. The maximum absolute atomic E-state index is 7.67. The SMILES string of the molecule is C[Si](C)(CCCOCC1CO1)O[Si](O[Si](C)(C)O[Si](C)(C)C1COCCCCO1)(O[Si](C)(C)C1COCCCCO1)C1CCCCC1. The van der Waals surface area contributed by atoms with E-state index in [0.29, 0.717) is 19.8 Å². The van der Waals surface area contributed by atoms with Crippen molar-refractivity contribution in [2.24, 2.45) is 0 Å². The van der Waals surface area contributed by atoms with Crippen molar-refractivity contribution in [1.29, 1.82) is 0 Å². The van der Waals surface area contributed by atoms with Crippen molar-refractivity contribution in [3.8, 4) is 0 Å². The average molecular weight is 753 g/mol. The number of hydrogen-bond acceptors (Lipinski definition) is 10. The van der Waals surface area contributed by atoms with E-state index < -0.39 is 42.3 Å². The summed E-state index contributed by atoms with van der Waals surface area (Å²) >= 11 is 0. The van der Waals surface area contributed by atoms with E-state index in [2.05, 4.69) is 52.4 Å². The zero-order valence-corrected chi connectivity index (χ0v) is 36.0. The van der Waals surface area contributed by atoms with E-state index in [4.69, 9.17) is 44.9 Å². The molecule has 47 heavy (non-hydrogen) atoms. The smallest absolute Gasteiger partial charge is 0.434 e. The van der Waals surface area contributed by atoms with Crippen molar-refractivity contribution in [3.63, 3.8) is 0 Å². The van der Waals surface area contributed by atoms with Gasteiger partial charge in [-0.2, -0.15) is 0 Å². The molecule has 4 unspecified atom stereocenters. The second kappa shape index (κ2) is 18.4. The summed E-state index contributed by atoms with van der Waals surface area (Å²) in [4.78, 5) is 0. The van der Waals surface area contributed by atoms with Gasteiger partial charge in [-0.15, -0.1) is 0 Å². The lowest BCUT2D eigenvalue weighted by molar-refractivity contribution is -0.0117. The zero-order valence-electron chi connectivity index (χ0n) is 31.0. The largest absolute Gasteiger partial charge is 0.474 e. The Kier molecular flexibility index (Phi) is 15.9. The molecular formula is C32H68O10Si5. The molecule has 0 spiro atoms. The fourth-order valence-corrected chi connectivity index (χ4v) is 30.7. The van der Waals surface area contributed by atoms with E-state index in [1.165, 1.54) is 19.3 Å². The molecule has 0 aromatic rings. The van der Waals surface area contributed by atoms with Crippen LogP contribution in [0.25, 0.3) is 0 Å². The fourth-order valence-electron chi connectivity index (χ4n) is 7.02. The van der Waals surface area contributed by atoms with Crippen LogP contribution in [0.4, 0.5) is 0 Å². The first-order valence-corrected chi connectivity index (χ1v) is 32.3. The first-order chi connectivity index (χ1) is 22.2. The minimum absolute atomic E-state index is 0.0381. The minimum atomic E-state index is -3.34. The molecule has 10 nitrogen and oxygen atoms in total. The Morgan fingerprint density at radius 1 is 0.574 bits per heavy atom. The van der Waals surface area contributed by atoms with Gasteiger partial charge < -0.3 is 44.9 Å². The maximum atomic E-state index is 7.67. The van der Waals surface area contributed by atoms with Crippen LogP contribution in [0.1, 0.15) is 64.2 Å². The highest BCUT2D eigenvalue weighted by Crippen LogP contribution is 2.45. The average Bonchev–Trinajstić information content (AvgIpc) is 3.75. The van der Waals surface area contributed by atoms with Gasteiger partial charge in [0.1, 0.15) is 6.10 Å². The highest BCUT2D eigenvalue weighted by Gasteiger charge is 2.60. The lowest BCUT2D eigenvalue weighted by Crippen LogP contribution is -2.69. The molecule has 4 aliphatic rings. The first kappa shape index (κ1) is 40.5. The van der Waals surface area contributed by atoms with Gasteiger partial charge in [0, 0.05) is 38.6 Å². The van der Waals surface area contributed by atoms with E-state index in [-0.39, 0.29) is 23.1 Å². The van der Waals surface area contributed by atoms with Gasteiger partial charge in [0.15, 0.2) is 8.32 Å². The molecule has 3 heterocycles. The lowest BCUT2D eigenvalue weighted by Gasteiger charge is -2.51. The van der Waals surface area contributed by atoms with Crippen molar-refractivity contribution in [3.05, 3.63) is 0 Å². The summed E-state index contributed by atoms with van der Waals surface area (Å²) in [6.07, 6.45) is 11.1. The standard InChI is InChI=1S/C32H68O10Si5/c1-43(2,24-16-21-33-25-29-26-38-29)39-47(30-17-10-9-11-18-30,41-45(5,6)32-28-35-20-13-15-23-37-32)42-46(7,8)40-44(3,4)31-27-34-19-12-14-22-36-31/h29-32H,9-28H2,1-8H3. The van der Waals surface area contributed by atoms with Crippen LogP contribution in [0.15, 0.2) is 0 Å². The van der Waals surface area contributed by atoms with Crippen LogP contribution in [0.5, 0.6) is 0 Å². The van der Waals surface area contributed by atoms with E-state index in [1.54, 1.807) is 0 Å². The summed E-state index contributed by atoms with van der Waals surface area (Å²) in [5, 5.41) is 0. The molecular weight excluding hydrogens is 685 g/mol. The van der Waals surface area contributed by atoms with Gasteiger partial charge in [-0.1, -0.05) is 19.3 Å². The fraction of sp³-hybridized carbons (Fsp3) is 1.00. The summed E-state index contributed by atoms with van der Waals surface area (Å²) < 4.78 is 66.4. The number of hydrogen-bond donors (Lipinski definition) is 0. The molecule has 0 amide bonds. The van der Waals surface area contributed by atoms with Crippen molar-refractivity contribution in [1.82, 2.24) is 0 Å². The molecule has 0 bridgehead atoms. The molecule has 4 rings (SSSR count). The monoisotopic (exact) mass is 752 g/mol. The van der Waals surface area contributed by atoms with Gasteiger partial charge in [-0.25, -0.2) is 0 Å². The van der Waals surface area contributed by atoms with Crippen LogP contribution in [0.3, 0.4) is 0 Å². The van der Waals surface area contributed by atoms with Crippen LogP contribution < -0.4 is 0 Å². The maximum Gasteiger partial charge on any atom is 0.474 e. The second-order valence-corrected chi connectivity index (χ2v) is 35.9. The van der Waals surface area contributed by atoms with Gasteiger partial charge >= 0.3 is 17.4 Å². The van der Waals surface area contributed by atoms with Crippen molar-refractivity contribution >= 4 is 42.3 Å². The van der Waals surface area contributed by atoms with E-state index in [9.17, 15) is 0 Å². The molecule has 15 heteroatoms. The quantitative estimate of drug-likeness (QED) is 0.0886. The minimum Gasteiger partial charge on any atom is -0.434 e. The van der Waals surface area contributed by atoms with Crippen LogP contribution in [-0.4, -0.2) is 119 Å². The summed E-state index contributed by atoms with van der Waals surface area (Å²) in [7, 11) is -13.4. The Balaban J connectivity index is 1.61. The highest BCUT2D eigenvalue weighted by molar-refractivity contribution is 6.92. The molecule has 276 valence electrons. The topological polar surface area (TPSA) is 95.6 Å². The number of rotatable bonds is 17. The van der Waals surface area contributed by atoms with Crippen LogP contribution in [-0.2, 0) is 44.9 Å². The Bertz CT molecular complexity index is 903. The van der Waals surface area contributed by atoms with Gasteiger partial charge in [-0.3, -0.25) is 0 Å². The molecule has 1 aliphatic carbocycles.